The van der Waals surface area contributed by atoms with Crippen molar-refractivity contribution in [3.63, 3.8) is 0 Å². The highest BCUT2D eigenvalue weighted by Gasteiger charge is 2.23. The number of rotatable bonds is 8. The fourth-order valence-corrected chi connectivity index (χ4v) is 5.01. The average Bonchev–Trinajstić information content (AvgIpc) is 3.51. The van der Waals surface area contributed by atoms with Crippen molar-refractivity contribution in [3.05, 3.63) is 54.6 Å². The monoisotopic (exact) mass is 445 g/mol. The van der Waals surface area contributed by atoms with Crippen LogP contribution < -0.4 is 5.32 Å². The van der Waals surface area contributed by atoms with Crippen molar-refractivity contribution >= 4 is 28.5 Å². The van der Waals surface area contributed by atoms with Gasteiger partial charge in [0.15, 0.2) is 11.0 Å². The number of aryl methyl sites for hydroxylation is 1. The highest BCUT2D eigenvalue weighted by atomic mass is 32.2. The number of anilines is 1. The minimum Gasteiger partial charge on any atom is -0.369 e. The molecule has 7 nitrogen and oxygen atoms in total. The van der Waals surface area contributed by atoms with Gasteiger partial charge in [0.05, 0.1) is 5.52 Å². The topological polar surface area (TPSA) is 81.4 Å². The lowest BCUT2D eigenvalue weighted by Gasteiger charge is -2.16. The smallest absolute Gasteiger partial charge is 0.191 e. The van der Waals surface area contributed by atoms with E-state index in [2.05, 4.69) is 37.4 Å². The molecule has 1 aliphatic carbocycles. The predicted molar refractivity (Wildman–Crippen MR) is 129 cm³/mol. The molecule has 0 spiro atoms. The highest BCUT2D eigenvalue weighted by Crippen LogP contribution is 2.33. The molecule has 32 heavy (non-hydrogen) atoms. The van der Waals surface area contributed by atoms with Crippen molar-refractivity contribution < 1.29 is 0 Å². The van der Waals surface area contributed by atoms with Gasteiger partial charge in [-0.25, -0.2) is 9.97 Å². The van der Waals surface area contributed by atoms with Gasteiger partial charge in [-0.3, -0.25) is 4.98 Å². The van der Waals surface area contributed by atoms with Crippen LogP contribution in [-0.4, -0.2) is 42.5 Å². The molecule has 0 unspecified atom stereocenters. The fourth-order valence-electron chi connectivity index (χ4n) is 4.44. The Balaban J connectivity index is 1.32. The van der Waals surface area contributed by atoms with Crippen molar-refractivity contribution in [3.8, 4) is 11.4 Å². The summed E-state index contributed by atoms with van der Waals surface area (Å²) in [6.07, 6.45) is 12.6. The van der Waals surface area contributed by atoms with Crippen LogP contribution in [0.3, 0.4) is 0 Å². The van der Waals surface area contributed by atoms with E-state index in [4.69, 9.17) is 9.97 Å². The minimum atomic E-state index is 0.559. The standard InChI is InChI=1S/C24H27N7S/c1-32-24-30-29-21(31(24)18-9-2-3-10-18)13-7-15-26-23-19-11-4-5-12-20(19)27-22(28-23)17-8-6-14-25-16-17/h4-6,8,11-12,14,16,18H,2-3,7,9-10,13,15H2,1H3,(H,26,27,28). The maximum atomic E-state index is 4.81. The summed E-state index contributed by atoms with van der Waals surface area (Å²) >= 11 is 1.69. The fraction of sp³-hybridized carbons (Fsp3) is 0.375. The van der Waals surface area contributed by atoms with Gasteiger partial charge in [-0.05, 0) is 49.8 Å². The zero-order valence-electron chi connectivity index (χ0n) is 18.2. The molecule has 8 heteroatoms. The van der Waals surface area contributed by atoms with Crippen LogP contribution in [0.5, 0.6) is 0 Å². The first-order valence-electron chi connectivity index (χ1n) is 11.2. The molecule has 0 amide bonds. The molecule has 1 N–H and O–H groups in total. The van der Waals surface area contributed by atoms with Crippen LogP contribution in [0.4, 0.5) is 5.82 Å². The van der Waals surface area contributed by atoms with Crippen LogP contribution in [0.2, 0.25) is 0 Å². The maximum absolute atomic E-state index is 4.81. The number of hydrogen-bond donors (Lipinski definition) is 1. The number of para-hydroxylation sites is 1. The first-order valence-corrected chi connectivity index (χ1v) is 12.4. The molecule has 164 valence electrons. The quantitative estimate of drug-likeness (QED) is 0.296. The third-order valence-corrected chi connectivity index (χ3v) is 6.64. The molecule has 0 bridgehead atoms. The molecule has 5 rings (SSSR count). The minimum absolute atomic E-state index is 0.559. The van der Waals surface area contributed by atoms with Crippen molar-refractivity contribution in [2.45, 2.75) is 49.7 Å². The highest BCUT2D eigenvalue weighted by molar-refractivity contribution is 7.98. The van der Waals surface area contributed by atoms with Crippen LogP contribution in [0.25, 0.3) is 22.3 Å². The van der Waals surface area contributed by atoms with Crippen molar-refractivity contribution in [1.29, 1.82) is 0 Å². The Kier molecular flexibility index (Phi) is 6.29. The van der Waals surface area contributed by atoms with Gasteiger partial charge in [-0.2, -0.15) is 0 Å². The third kappa shape index (κ3) is 4.32. The van der Waals surface area contributed by atoms with Crippen molar-refractivity contribution in [2.75, 3.05) is 18.1 Å². The van der Waals surface area contributed by atoms with Gasteiger partial charge in [0.1, 0.15) is 11.6 Å². The summed E-state index contributed by atoms with van der Waals surface area (Å²) < 4.78 is 2.39. The summed E-state index contributed by atoms with van der Waals surface area (Å²) in [5.41, 5.74) is 1.84. The number of fused-ring (bicyclic) bond motifs is 1. The zero-order chi connectivity index (χ0) is 21.8. The van der Waals surface area contributed by atoms with Crippen LogP contribution >= 0.6 is 11.8 Å². The number of hydrogen-bond acceptors (Lipinski definition) is 7. The summed E-state index contributed by atoms with van der Waals surface area (Å²) in [4.78, 5) is 13.8. The molecular formula is C24H27N7S. The molecule has 0 saturated heterocycles. The molecule has 0 atom stereocenters. The summed E-state index contributed by atoms with van der Waals surface area (Å²) in [5.74, 6) is 2.65. The summed E-state index contributed by atoms with van der Waals surface area (Å²) in [5, 5.41) is 14.6. The van der Waals surface area contributed by atoms with Crippen LogP contribution in [0.1, 0.15) is 44.0 Å². The Bertz CT molecular complexity index is 1190. The van der Waals surface area contributed by atoms with E-state index < -0.39 is 0 Å². The number of aromatic nitrogens is 6. The van der Waals surface area contributed by atoms with E-state index in [0.29, 0.717) is 11.9 Å². The van der Waals surface area contributed by atoms with Gasteiger partial charge in [0, 0.05) is 42.4 Å². The van der Waals surface area contributed by atoms with Gasteiger partial charge < -0.3 is 9.88 Å². The Labute approximate surface area is 192 Å². The third-order valence-electron chi connectivity index (χ3n) is 6.00. The largest absolute Gasteiger partial charge is 0.369 e. The van der Waals surface area contributed by atoms with E-state index in [1.54, 1.807) is 24.2 Å². The van der Waals surface area contributed by atoms with E-state index >= 15 is 0 Å². The van der Waals surface area contributed by atoms with Crippen molar-refractivity contribution in [1.82, 2.24) is 29.7 Å². The van der Waals surface area contributed by atoms with Gasteiger partial charge >= 0.3 is 0 Å². The SMILES string of the molecule is CSc1nnc(CCCNc2nc(-c3cccnc3)nc3ccccc23)n1C1CCCC1. The Morgan fingerprint density at radius 2 is 1.94 bits per heavy atom. The van der Waals surface area contributed by atoms with Gasteiger partial charge in [0.25, 0.3) is 0 Å². The predicted octanol–water partition coefficient (Wildman–Crippen LogP) is 5.17. The molecule has 3 aromatic heterocycles. The molecule has 1 aromatic carbocycles. The van der Waals surface area contributed by atoms with Crippen LogP contribution in [0.15, 0.2) is 53.9 Å². The van der Waals surface area contributed by atoms with E-state index in [1.807, 2.05) is 30.3 Å². The van der Waals surface area contributed by atoms with Crippen molar-refractivity contribution in [2.24, 2.45) is 0 Å². The molecule has 4 aromatic rings. The van der Waals surface area contributed by atoms with E-state index in [0.717, 1.165) is 52.7 Å². The molecule has 0 radical (unpaired) electrons. The molecule has 0 aliphatic heterocycles. The lowest BCUT2D eigenvalue weighted by molar-refractivity contribution is 0.461. The van der Waals surface area contributed by atoms with Gasteiger partial charge in [-0.1, -0.05) is 36.7 Å². The Morgan fingerprint density at radius 1 is 1.06 bits per heavy atom. The summed E-state index contributed by atoms with van der Waals surface area (Å²) in [7, 11) is 0. The number of benzene rings is 1. The normalized spacial score (nSPS) is 14.3. The lowest BCUT2D eigenvalue weighted by Crippen LogP contribution is -2.12. The van der Waals surface area contributed by atoms with Crippen LogP contribution in [0, 0.1) is 0 Å². The Hall–Kier alpha value is -3.00. The van der Waals surface area contributed by atoms with Crippen LogP contribution in [-0.2, 0) is 6.42 Å². The number of nitrogens with zero attached hydrogens (tertiary/aromatic N) is 6. The molecule has 3 heterocycles. The first-order chi connectivity index (χ1) is 15.8. The lowest BCUT2D eigenvalue weighted by atomic mass is 10.2. The number of pyridine rings is 1. The maximum Gasteiger partial charge on any atom is 0.191 e. The average molecular weight is 446 g/mol. The number of nitrogens with one attached hydrogen (secondary N) is 1. The van der Waals surface area contributed by atoms with E-state index in [-0.39, 0.29) is 0 Å². The summed E-state index contributed by atoms with van der Waals surface area (Å²) in [6, 6.07) is 12.6. The molecule has 1 aliphatic rings. The van der Waals surface area contributed by atoms with Gasteiger partial charge in [-0.15, -0.1) is 10.2 Å². The zero-order valence-corrected chi connectivity index (χ0v) is 19.1. The molecule has 1 fully saturated rings. The molecule has 1 saturated carbocycles. The van der Waals surface area contributed by atoms with E-state index in [9.17, 15) is 0 Å². The summed E-state index contributed by atoms with van der Waals surface area (Å²) in [6.45, 7) is 0.805. The second kappa shape index (κ2) is 9.65. The second-order valence-corrected chi connectivity index (χ2v) is 8.87. The second-order valence-electron chi connectivity index (χ2n) is 8.10. The Morgan fingerprint density at radius 3 is 2.75 bits per heavy atom. The van der Waals surface area contributed by atoms with E-state index in [1.165, 1.54) is 25.7 Å². The van der Waals surface area contributed by atoms with Gasteiger partial charge in [0.2, 0.25) is 0 Å². The number of thioether (sulfide) groups is 1. The first kappa shape index (κ1) is 20.9. The molecular weight excluding hydrogens is 418 g/mol.